The lowest BCUT2D eigenvalue weighted by Gasteiger charge is -2.20. The van der Waals surface area contributed by atoms with Crippen LogP contribution in [0.3, 0.4) is 0 Å². The Hall–Kier alpha value is -2.07. The van der Waals surface area contributed by atoms with Crippen LogP contribution in [0.5, 0.6) is 0 Å². The first-order valence-corrected chi connectivity index (χ1v) is 9.49. The van der Waals surface area contributed by atoms with Gasteiger partial charge in [0.2, 0.25) is 0 Å². The van der Waals surface area contributed by atoms with Crippen molar-refractivity contribution in [3.8, 4) is 6.07 Å². The Labute approximate surface area is 150 Å². The number of anilines is 1. The lowest BCUT2D eigenvalue weighted by Crippen LogP contribution is -2.17. The minimum absolute atomic E-state index is 0.121. The van der Waals surface area contributed by atoms with Crippen molar-refractivity contribution >= 4 is 28.3 Å². The smallest absolute Gasteiger partial charge is 0.348 e. The molecule has 0 radical (unpaired) electrons. The van der Waals surface area contributed by atoms with Crippen LogP contribution in [-0.4, -0.2) is 18.5 Å². The fraction of sp³-hybridized carbons (Fsp3) is 0.611. The zero-order valence-corrected chi connectivity index (χ0v) is 15.1. The molecule has 134 valence electrons. The highest BCUT2D eigenvalue weighted by atomic mass is 32.1. The van der Waals surface area contributed by atoms with E-state index < -0.39 is 5.97 Å². The second-order valence-corrected chi connectivity index (χ2v) is 7.83. The highest BCUT2D eigenvalue weighted by Gasteiger charge is 2.40. The molecule has 0 amide bonds. The third-order valence-electron chi connectivity index (χ3n) is 5.30. The van der Waals surface area contributed by atoms with E-state index in [-0.39, 0.29) is 34.6 Å². The van der Waals surface area contributed by atoms with Crippen molar-refractivity contribution in [2.45, 2.75) is 45.6 Å². The zero-order valence-electron chi connectivity index (χ0n) is 14.2. The minimum atomic E-state index is -0.542. The fourth-order valence-corrected chi connectivity index (χ4v) is 5.08. The van der Waals surface area contributed by atoms with Crippen LogP contribution < -0.4 is 5.73 Å². The largest absolute Gasteiger partial charge is 0.462 e. The lowest BCUT2D eigenvalue weighted by atomic mass is 9.86. The number of thiophene rings is 1. The van der Waals surface area contributed by atoms with E-state index in [0.29, 0.717) is 23.8 Å². The molecule has 0 aromatic carbocycles. The van der Waals surface area contributed by atoms with Crippen LogP contribution >= 0.6 is 11.3 Å². The topological polar surface area (TPSA) is 102 Å². The number of nitriles is 1. The van der Waals surface area contributed by atoms with E-state index in [1.54, 1.807) is 6.92 Å². The monoisotopic (exact) mass is 362 g/mol. The Morgan fingerprint density at radius 2 is 2.12 bits per heavy atom. The number of fused-ring (bicyclic) bond motifs is 2. The van der Waals surface area contributed by atoms with Gasteiger partial charge >= 0.3 is 11.9 Å². The Morgan fingerprint density at radius 3 is 2.72 bits per heavy atom. The van der Waals surface area contributed by atoms with Crippen LogP contribution in [-0.2, 0) is 20.9 Å². The highest BCUT2D eigenvalue weighted by molar-refractivity contribution is 7.18. The van der Waals surface area contributed by atoms with Gasteiger partial charge in [0.05, 0.1) is 12.2 Å². The van der Waals surface area contributed by atoms with E-state index in [9.17, 15) is 14.9 Å². The molecule has 2 aliphatic carbocycles. The quantitative estimate of drug-likeness (QED) is 0.779. The standard InChI is InChI=1S/C18H22N2O4S/c1-2-23-18(22)16-14(13(8-19)17(20)25-16)9-24-15(21)7-12-6-10-3-4-11(12)5-10/h10-12H,2-7,9,20H2,1H3/t10-,11-,12+/m1/s1. The first-order chi connectivity index (χ1) is 12.0. The van der Waals surface area contributed by atoms with E-state index in [4.69, 9.17) is 15.2 Å². The molecule has 0 saturated heterocycles. The van der Waals surface area contributed by atoms with Crippen LogP contribution in [0.15, 0.2) is 0 Å². The second-order valence-electron chi connectivity index (χ2n) is 6.78. The summed E-state index contributed by atoms with van der Waals surface area (Å²) in [7, 11) is 0. The Bertz CT molecular complexity index is 721. The molecule has 6 nitrogen and oxygen atoms in total. The van der Waals surface area contributed by atoms with Crippen LogP contribution in [0.1, 0.15) is 59.8 Å². The summed E-state index contributed by atoms with van der Waals surface area (Å²) in [5.41, 5.74) is 6.36. The van der Waals surface area contributed by atoms with Crippen LogP contribution in [0.2, 0.25) is 0 Å². The molecule has 1 heterocycles. The number of rotatable bonds is 6. The number of nitrogens with two attached hydrogens (primary N) is 1. The maximum Gasteiger partial charge on any atom is 0.348 e. The van der Waals surface area contributed by atoms with Crippen LogP contribution in [0, 0.1) is 29.1 Å². The molecule has 2 fully saturated rings. The third-order valence-corrected chi connectivity index (χ3v) is 6.34. The van der Waals surface area contributed by atoms with Gasteiger partial charge < -0.3 is 15.2 Å². The van der Waals surface area contributed by atoms with Crippen LogP contribution in [0.25, 0.3) is 0 Å². The Kier molecular flexibility index (Phi) is 5.28. The van der Waals surface area contributed by atoms with E-state index in [1.165, 1.54) is 19.3 Å². The molecule has 1 aromatic rings. The number of nitrogens with zero attached hydrogens (tertiary/aromatic N) is 1. The van der Waals surface area contributed by atoms with Crippen molar-refractivity contribution in [3.05, 3.63) is 16.0 Å². The summed E-state index contributed by atoms with van der Waals surface area (Å²) in [6.45, 7) is 1.81. The molecule has 0 spiro atoms. The summed E-state index contributed by atoms with van der Waals surface area (Å²) in [5.74, 6) is 1.03. The molecule has 1 aromatic heterocycles. The number of hydrogen-bond acceptors (Lipinski definition) is 7. The van der Waals surface area contributed by atoms with Gasteiger partial charge in [-0.05, 0) is 43.9 Å². The minimum Gasteiger partial charge on any atom is -0.462 e. The molecule has 0 unspecified atom stereocenters. The van der Waals surface area contributed by atoms with Gasteiger partial charge in [-0.1, -0.05) is 6.42 Å². The molecule has 2 bridgehead atoms. The second kappa shape index (κ2) is 7.44. The molecule has 2 aliphatic rings. The highest BCUT2D eigenvalue weighted by Crippen LogP contribution is 2.49. The summed E-state index contributed by atoms with van der Waals surface area (Å²) >= 11 is 0.997. The van der Waals surface area contributed by atoms with Gasteiger partial charge in [-0.2, -0.15) is 5.26 Å². The molecular formula is C18H22N2O4S. The van der Waals surface area contributed by atoms with Gasteiger partial charge in [-0.15, -0.1) is 11.3 Å². The fourth-order valence-electron chi connectivity index (χ4n) is 4.16. The molecule has 2 saturated carbocycles. The van der Waals surface area contributed by atoms with E-state index >= 15 is 0 Å². The van der Waals surface area contributed by atoms with E-state index in [0.717, 1.165) is 23.7 Å². The summed E-state index contributed by atoms with van der Waals surface area (Å²) < 4.78 is 10.4. The summed E-state index contributed by atoms with van der Waals surface area (Å²) in [6, 6.07) is 1.99. The summed E-state index contributed by atoms with van der Waals surface area (Å²) in [5, 5.41) is 9.52. The molecule has 0 aliphatic heterocycles. The van der Waals surface area contributed by atoms with Crippen LogP contribution in [0.4, 0.5) is 5.00 Å². The van der Waals surface area contributed by atoms with E-state index in [1.807, 2.05) is 6.07 Å². The van der Waals surface area contributed by atoms with Gasteiger partial charge in [-0.25, -0.2) is 4.79 Å². The van der Waals surface area contributed by atoms with Crippen molar-refractivity contribution < 1.29 is 19.1 Å². The van der Waals surface area contributed by atoms with Crippen molar-refractivity contribution in [2.75, 3.05) is 12.3 Å². The van der Waals surface area contributed by atoms with Crippen molar-refractivity contribution in [1.29, 1.82) is 5.26 Å². The summed E-state index contributed by atoms with van der Waals surface area (Å²) in [4.78, 5) is 24.5. The number of carbonyl (C=O) groups is 2. The van der Waals surface area contributed by atoms with Crippen molar-refractivity contribution in [3.63, 3.8) is 0 Å². The predicted molar refractivity (Wildman–Crippen MR) is 92.8 cm³/mol. The molecular weight excluding hydrogens is 340 g/mol. The number of esters is 2. The average molecular weight is 362 g/mol. The maximum absolute atomic E-state index is 12.2. The lowest BCUT2D eigenvalue weighted by molar-refractivity contribution is -0.146. The van der Waals surface area contributed by atoms with E-state index in [2.05, 4.69) is 0 Å². The Morgan fingerprint density at radius 1 is 1.32 bits per heavy atom. The molecule has 3 atom stereocenters. The molecule has 7 heteroatoms. The van der Waals surface area contributed by atoms with Crippen molar-refractivity contribution in [2.24, 2.45) is 17.8 Å². The zero-order chi connectivity index (χ0) is 18.0. The van der Waals surface area contributed by atoms with Gasteiger partial charge in [-0.3, -0.25) is 4.79 Å². The number of ether oxygens (including phenoxy) is 2. The van der Waals surface area contributed by atoms with Gasteiger partial charge in [0, 0.05) is 12.0 Å². The van der Waals surface area contributed by atoms with Gasteiger partial charge in [0.1, 0.15) is 22.6 Å². The maximum atomic E-state index is 12.2. The van der Waals surface area contributed by atoms with Crippen molar-refractivity contribution in [1.82, 2.24) is 0 Å². The normalized spacial score (nSPS) is 24.1. The molecule has 2 N–H and O–H groups in total. The number of hydrogen-bond donors (Lipinski definition) is 1. The first-order valence-electron chi connectivity index (χ1n) is 8.67. The Balaban J connectivity index is 1.64. The van der Waals surface area contributed by atoms with Gasteiger partial charge in [0.25, 0.3) is 0 Å². The average Bonchev–Trinajstić information content (AvgIpc) is 3.27. The summed E-state index contributed by atoms with van der Waals surface area (Å²) in [6.07, 6.45) is 5.28. The molecule has 25 heavy (non-hydrogen) atoms. The number of carbonyl (C=O) groups excluding carboxylic acids is 2. The SMILES string of the molecule is CCOC(=O)c1sc(N)c(C#N)c1COC(=O)C[C@@H]1C[C@@H]2CC[C@@H]1C2. The predicted octanol–water partition coefficient (Wildman–Crippen LogP) is 3.25. The first kappa shape index (κ1) is 17.7. The van der Waals surface area contributed by atoms with Gasteiger partial charge in [0.15, 0.2) is 0 Å². The molecule has 3 rings (SSSR count). The third kappa shape index (κ3) is 3.64. The number of nitrogen functional groups attached to an aromatic ring is 1.